The zero-order valence-corrected chi connectivity index (χ0v) is 18.5. The van der Waals surface area contributed by atoms with Crippen molar-refractivity contribution < 1.29 is 9.84 Å². The van der Waals surface area contributed by atoms with Crippen LogP contribution in [0.2, 0.25) is 0 Å². The third kappa shape index (κ3) is 5.65. The van der Waals surface area contributed by atoms with E-state index in [0.29, 0.717) is 36.0 Å². The summed E-state index contributed by atoms with van der Waals surface area (Å²) in [5.41, 5.74) is 2.99. The molecular weight excluding hydrogens is 416 g/mol. The number of aromatic nitrogens is 2. The van der Waals surface area contributed by atoms with Gasteiger partial charge in [0.05, 0.1) is 23.4 Å². The topological polar surface area (TPSA) is 115 Å². The molecule has 1 saturated heterocycles. The van der Waals surface area contributed by atoms with Gasteiger partial charge in [-0.05, 0) is 43.4 Å². The van der Waals surface area contributed by atoms with Crippen molar-refractivity contribution in [3.63, 3.8) is 0 Å². The summed E-state index contributed by atoms with van der Waals surface area (Å²) in [5.74, 6) is 0.981. The van der Waals surface area contributed by atoms with Gasteiger partial charge in [-0.15, -0.1) is 0 Å². The van der Waals surface area contributed by atoms with Crippen molar-refractivity contribution in [2.45, 2.75) is 24.7 Å². The maximum atomic E-state index is 10.0. The number of rotatable bonds is 9. The zero-order chi connectivity index (χ0) is 23.0. The largest absolute Gasteiger partial charge is 0.484 e. The number of nitrogens with one attached hydrogen (secondary N) is 3. The minimum atomic E-state index is -0.487. The molecule has 2 heterocycles. The summed E-state index contributed by atoms with van der Waals surface area (Å²) >= 11 is 0. The number of nitrogens with zero attached hydrogens (tertiary/aromatic N) is 3. The van der Waals surface area contributed by atoms with E-state index in [1.807, 2.05) is 49.5 Å². The summed E-state index contributed by atoms with van der Waals surface area (Å²) in [6, 6.07) is 19.4. The molecule has 0 amide bonds. The molecule has 170 valence electrons. The molecule has 4 N–H and O–H groups in total. The number of hydrogen-bond acceptors (Lipinski definition) is 8. The van der Waals surface area contributed by atoms with Gasteiger partial charge in [-0.25, -0.2) is 9.97 Å². The van der Waals surface area contributed by atoms with Crippen LogP contribution in [0.25, 0.3) is 11.3 Å². The van der Waals surface area contributed by atoms with Gasteiger partial charge in [0.25, 0.3) is 0 Å². The smallest absolute Gasteiger partial charge is 0.223 e. The second-order valence-corrected chi connectivity index (χ2v) is 7.97. The number of anilines is 1. The van der Waals surface area contributed by atoms with E-state index in [-0.39, 0.29) is 12.1 Å². The fourth-order valence-corrected chi connectivity index (χ4v) is 3.84. The maximum absolute atomic E-state index is 10.0. The predicted octanol–water partition coefficient (Wildman–Crippen LogP) is 2.49. The predicted molar refractivity (Wildman–Crippen MR) is 127 cm³/mol. The van der Waals surface area contributed by atoms with Gasteiger partial charge in [-0.2, -0.15) is 5.26 Å². The van der Waals surface area contributed by atoms with Crippen LogP contribution >= 0.6 is 0 Å². The molecule has 0 aliphatic carbocycles. The Hall–Kier alpha value is -3.51. The molecule has 8 heteroatoms. The molecule has 2 aromatic carbocycles. The van der Waals surface area contributed by atoms with Crippen molar-refractivity contribution >= 4 is 5.95 Å². The Morgan fingerprint density at radius 3 is 2.79 bits per heavy atom. The van der Waals surface area contributed by atoms with E-state index in [9.17, 15) is 10.4 Å². The molecule has 3 atom stereocenters. The van der Waals surface area contributed by atoms with E-state index in [4.69, 9.17) is 4.74 Å². The zero-order valence-electron chi connectivity index (χ0n) is 18.5. The van der Waals surface area contributed by atoms with Gasteiger partial charge in [0.1, 0.15) is 17.9 Å². The Morgan fingerprint density at radius 2 is 2.06 bits per heavy atom. The van der Waals surface area contributed by atoms with Gasteiger partial charge in [0, 0.05) is 31.3 Å². The van der Waals surface area contributed by atoms with Crippen molar-refractivity contribution in [3.05, 3.63) is 71.9 Å². The summed E-state index contributed by atoms with van der Waals surface area (Å²) in [5, 5.41) is 29.3. The molecule has 0 radical (unpaired) electrons. The van der Waals surface area contributed by atoms with E-state index in [2.05, 4.69) is 32.0 Å². The van der Waals surface area contributed by atoms with Crippen LogP contribution in [-0.4, -0.2) is 53.9 Å². The van der Waals surface area contributed by atoms with Gasteiger partial charge in [-0.1, -0.05) is 30.3 Å². The lowest BCUT2D eigenvalue weighted by molar-refractivity contribution is 0.185. The minimum Gasteiger partial charge on any atom is -0.484 e. The van der Waals surface area contributed by atoms with Crippen LogP contribution in [0.3, 0.4) is 0 Å². The van der Waals surface area contributed by atoms with Gasteiger partial charge in [-0.3, -0.25) is 0 Å². The number of ether oxygens (including phenoxy) is 1. The summed E-state index contributed by atoms with van der Waals surface area (Å²) in [4.78, 5) is 8.84. The number of benzene rings is 2. The van der Waals surface area contributed by atoms with Crippen LogP contribution in [0, 0.1) is 11.3 Å². The number of hydrogen-bond donors (Lipinski definition) is 4. The lowest BCUT2D eigenvalue weighted by Crippen LogP contribution is -2.32. The quantitative estimate of drug-likeness (QED) is 0.398. The van der Waals surface area contributed by atoms with Gasteiger partial charge >= 0.3 is 0 Å². The number of nitriles is 1. The van der Waals surface area contributed by atoms with Crippen LogP contribution in [-0.2, 0) is 0 Å². The standard InChI is InChI=1S/C25H28N6O2/c1-27-11-10-24(17-5-3-2-4-6-17)33-23-8-7-18(13-19(23)14-26)20-9-12-29-25(30-20)31-21-15-28-16-22(21)32/h2-9,12-13,21-22,24,27-28,32H,10-11,15-16H2,1H3,(H,29,30,31)/t21-,22-,24-/m1/s1. The highest BCUT2D eigenvalue weighted by Crippen LogP contribution is 2.30. The van der Waals surface area contributed by atoms with Crippen LogP contribution in [0.15, 0.2) is 60.8 Å². The molecule has 3 aromatic rings. The lowest BCUT2D eigenvalue weighted by Gasteiger charge is -2.20. The number of β-amino-alcohol motifs (C(OH)–C–C–N with tert-alkyl or cyclic N) is 1. The van der Waals surface area contributed by atoms with Crippen molar-refractivity contribution in [1.29, 1.82) is 5.26 Å². The third-order valence-corrected chi connectivity index (χ3v) is 5.65. The molecule has 4 rings (SSSR count). The van der Waals surface area contributed by atoms with Crippen molar-refractivity contribution in [3.8, 4) is 23.1 Å². The molecular formula is C25H28N6O2. The molecule has 1 aliphatic heterocycles. The van der Waals surface area contributed by atoms with Crippen LogP contribution in [0.4, 0.5) is 5.95 Å². The average Bonchev–Trinajstić information content (AvgIpc) is 3.26. The third-order valence-electron chi connectivity index (χ3n) is 5.65. The Balaban J connectivity index is 1.55. The Bertz CT molecular complexity index is 1100. The maximum Gasteiger partial charge on any atom is 0.223 e. The highest BCUT2D eigenvalue weighted by molar-refractivity contribution is 5.65. The monoisotopic (exact) mass is 444 g/mol. The number of aliphatic hydroxyl groups excluding tert-OH is 1. The second-order valence-electron chi connectivity index (χ2n) is 7.97. The average molecular weight is 445 g/mol. The Labute approximate surface area is 193 Å². The molecule has 8 nitrogen and oxygen atoms in total. The molecule has 1 fully saturated rings. The summed E-state index contributed by atoms with van der Waals surface area (Å²) in [6.07, 6.45) is 1.78. The first-order valence-corrected chi connectivity index (χ1v) is 11.1. The normalized spacial score (nSPS) is 18.5. The molecule has 0 spiro atoms. The first-order valence-electron chi connectivity index (χ1n) is 11.1. The summed E-state index contributed by atoms with van der Waals surface area (Å²) < 4.78 is 6.30. The second kappa shape index (κ2) is 10.9. The SMILES string of the molecule is CNCC[C@@H](Oc1ccc(-c2ccnc(N[C@@H]3CNC[C@H]3O)n2)cc1C#N)c1ccccc1. The molecule has 33 heavy (non-hydrogen) atoms. The Kier molecular flexibility index (Phi) is 7.47. The molecule has 0 unspecified atom stereocenters. The highest BCUT2D eigenvalue weighted by atomic mass is 16.5. The van der Waals surface area contributed by atoms with Crippen molar-refractivity contribution in [2.24, 2.45) is 0 Å². The fraction of sp³-hybridized carbons (Fsp3) is 0.320. The van der Waals surface area contributed by atoms with Crippen LogP contribution < -0.4 is 20.7 Å². The highest BCUT2D eigenvalue weighted by Gasteiger charge is 2.25. The van der Waals surface area contributed by atoms with Crippen LogP contribution in [0.5, 0.6) is 5.75 Å². The van der Waals surface area contributed by atoms with E-state index < -0.39 is 6.10 Å². The fourth-order valence-electron chi connectivity index (χ4n) is 3.84. The minimum absolute atomic E-state index is 0.141. The summed E-state index contributed by atoms with van der Waals surface area (Å²) in [7, 11) is 1.91. The van der Waals surface area contributed by atoms with Gasteiger partial charge in [0.15, 0.2) is 0 Å². The molecule has 0 saturated carbocycles. The van der Waals surface area contributed by atoms with E-state index >= 15 is 0 Å². The van der Waals surface area contributed by atoms with Crippen molar-refractivity contribution in [1.82, 2.24) is 20.6 Å². The van der Waals surface area contributed by atoms with Gasteiger partial charge in [0.2, 0.25) is 5.95 Å². The first kappa shape index (κ1) is 22.7. The van der Waals surface area contributed by atoms with Crippen LogP contribution in [0.1, 0.15) is 23.7 Å². The van der Waals surface area contributed by atoms with E-state index in [1.165, 1.54) is 0 Å². The molecule has 1 aromatic heterocycles. The summed E-state index contributed by atoms with van der Waals surface area (Å²) in [6.45, 7) is 1.99. The molecule has 0 bridgehead atoms. The molecule has 1 aliphatic rings. The van der Waals surface area contributed by atoms with E-state index in [0.717, 1.165) is 24.1 Å². The van der Waals surface area contributed by atoms with Crippen molar-refractivity contribution in [2.75, 3.05) is 32.0 Å². The number of aliphatic hydroxyl groups is 1. The Morgan fingerprint density at radius 1 is 1.21 bits per heavy atom. The first-order chi connectivity index (χ1) is 16.2. The van der Waals surface area contributed by atoms with Gasteiger partial charge < -0.3 is 25.8 Å². The lowest BCUT2D eigenvalue weighted by atomic mass is 10.0. The van der Waals surface area contributed by atoms with E-state index in [1.54, 1.807) is 18.3 Å².